The number of hydrogen-bond donors (Lipinski definition) is 2. The van der Waals surface area contributed by atoms with Crippen LogP contribution >= 0.6 is 0 Å². The van der Waals surface area contributed by atoms with E-state index >= 15 is 0 Å². The Balaban J connectivity index is 1.54. The molecule has 0 atom stereocenters. The van der Waals surface area contributed by atoms with Crippen LogP contribution in [0.25, 0.3) is 10.8 Å². The Bertz CT molecular complexity index is 1200. The van der Waals surface area contributed by atoms with Crippen LogP contribution < -0.4 is 15.5 Å². The van der Waals surface area contributed by atoms with Gasteiger partial charge in [0.1, 0.15) is 0 Å². The first-order chi connectivity index (χ1) is 17.5. The van der Waals surface area contributed by atoms with Gasteiger partial charge in [0.2, 0.25) is 0 Å². The lowest BCUT2D eigenvalue weighted by molar-refractivity contribution is 0.0948. The molecule has 0 aliphatic carbocycles. The SMILES string of the molecule is CCN(CC)CCNC(=O)c1cc(NC(=O)c2ccc3ccccc3c2)ccc1N1CCC(C)CC1. The third-order valence-corrected chi connectivity index (χ3v) is 7.24. The molecule has 1 saturated heterocycles. The summed E-state index contributed by atoms with van der Waals surface area (Å²) in [6, 6.07) is 19.4. The molecule has 0 radical (unpaired) electrons. The van der Waals surface area contributed by atoms with Crippen molar-refractivity contribution in [2.75, 3.05) is 49.5 Å². The molecule has 0 unspecified atom stereocenters. The van der Waals surface area contributed by atoms with Crippen LogP contribution in [-0.2, 0) is 0 Å². The fourth-order valence-corrected chi connectivity index (χ4v) is 4.82. The fraction of sp³-hybridized carbons (Fsp3) is 0.400. The lowest BCUT2D eigenvalue weighted by atomic mass is 9.97. The second kappa shape index (κ2) is 12.0. The highest BCUT2D eigenvalue weighted by Crippen LogP contribution is 2.29. The molecule has 1 heterocycles. The predicted octanol–water partition coefficient (Wildman–Crippen LogP) is 5.40. The van der Waals surface area contributed by atoms with Crippen molar-refractivity contribution in [1.82, 2.24) is 10.2 Å². The highest BCUT2D eigenvalue weighted by atomic mass is 16.2. The van der Waals surface area contributed by atoms with Crippen LogP contribution in [-0.4, -0.2) is 56.0 Å². The molecule has 3 aromatic carbocycles. The Hall–Kier alpha value is -3.38. The van der Waals surface area contributed by atoms with Gasteiger partial charge in [0.25, 0.3) is 11.8 Å². The molecular weight excluding hydrogens is 448 g/mol. The molecular formula is C30H38N4O2. The van der Waals surface area contributed by atoms with Crippen molar-refractivity contribution in [1.29, 1.82) is 0 Å². The normalized spacial score (nSPS) is 14.3. The number of carbonyl (C=O) groups is 2. The molecule has 36 heavy (non-hydrogen) atoms. The first-order valence-corrected chi connectivity index (χ1v) is 13.2. The Morgan fingerprint density at radius 3 is 2.36 bits per heavy atom. The summed E-state index contributed by atoms with van der Waals surface area (Å²) in [6.45, 7) is 11.7. The van der Waals surface area contributed by atoms with Crippen LogP contribution in [0.3, 0.4) is 0 Å². The van der Waals surface area contributed by atoms with Gasteiger partial charge in [0.15, 0.2) is 0 Å². The lowest BCUT2D eigenvalue weighted by Crippen LogP contribution is -2.37. The summed E-state index contributed by atoms with van der Waals surface area (Å²) in [5.74, 6) is 0.416. The smallest absolute Gasteiger partial charge is 0.255 e. The number of nitrogens with zero attached hydrogens (tertiary/aromatic N) is 2. The minimum Gasteiger partial charge on any atom is -0.371 e. The fourth-order valence-electron chi connectivity index (χ4n) is 4.82. The number of likely N-dealkylation sites (N-methyl/N-ethyl adjacent to an activating group) is 1. The number of piperidine rings is 1. The molecule has 4 rings (SSSR count). The first kappa shape index (κ1) is 25.7. The van der Waals surface area contributed by atoms with Crippen molar-refractivity contribution in [3.63, 3.8) is 0 Å². The van der Waals surface area contributed by atoms with Crippen LogP contribution in [0, 0.1) is 5.92 Å². The van der Waals surface area contributed by atoms with Gasteiger partial charge in [-0.1, -0.05) is 51.1 Å². The molecule has 3 aromatic rings. The molecule has 0 aromatic heterocycles. The average Bonchev–Trinajstić information content (AvgIpc) is 2.91. The molecule has 2 N–H and O–H groups in total. The number of anilines is 2. The maximum Gasteiger partial charge on any atom is 0.255 e. The van der Waals surface area contributed by atoms with E-state index in [2.05, 4.69) is 41.2 Å². The van der Waals surface area contributed by atoms with Crippen molar-refractivity contribution in [3.8, 4) is 0 Å². The lowest BCUT2D eigenvalue weighted by Gasteiger charge is -2.33. The number of rotatable bonds is 9. The Labute approximate surface area is 214 Å². The number of amides is 2. The van der Waals surface area contributed by atoms with E-state index in [4.69, 9.17) is 0 Å². The number of fused-ring (bicyclic) bond motifs is 1. The van der Waals surface area contributed by atoms with Gasteiger partial charge in [-0.15, -0.1) is 0 Å². The van der Waals surface area contributed by atoms with E-state index in [-0.39, 0.29) is 11.8 Å². The van der Waals surface area contributed by atoms with Crippen LogP contribution in [0.15, 0.2) is 60.7 Å². The summed E-state index contributed by atoms with van der Waals surface area (Å²) in [6.07, 6.45) is 2.23. The van der Waals surface area contributed by atoms with Crippen molar-refractivity contribution in [2.45, 2.75) is 33.6 Å². The van der Waals surface area contributed by atoms with E-state index in [0.29, 0.717) is 29.3 Å². The zero-order chi connectivity index (χ0) is 25.5. The van der Waals surface area contributed by atoms with Crippen molar-refractivity contribution in [3.05, 3.63) is 71.8 Å². The molecule has 0 spiro atoms. The maximum absolute atomic E-state index is 13.3. The summed E-state index contributed by atoms with van der Waals surface area (Å²) >= 11 is 0. The summed E-state index contributed by atoms with van der Waals surface area (Å²) in [5, 5.41) is 8.22. The Morgan fingerprint density at radius 2 is 1.64 bits per heavy atom. The van der Waals surface area contributed by atoms with Gasteiger partial charge < -0.3 is 20.4 Å². The molecule has 2 amide bonds. The van der Waals surface area contributed by atoms with E-state index in [0.717, 1.165) is 62.0 Å². The van der Waals surface area contributed by atoms with Crippen LogP contribution in [0.4, 0.5) is 11.4 Å². The number of benzene rings is 3. The maximum atomic E-state index is 13.3. The van der Waals surface area contributed by atoms with E-state index in [1.807, 2.05) is 60.7 Å². The number of nitrogens with one attached hydrogen (secondary N) is 2. The van der Waals surface area contributed by atoms with Crippen LogP contribution in [0.5, 0.6) is 0 Å². The van der Waals surface area contributed by atoms with Crippen molar-refractivity contribution in [2.24, 2.45) is 5.92 Å². The molecule has 6 heteroatoms. The largest absolute Gasteiger partial charge is 0.371 e. The van der Waals surface area contributed by atoms with E-state index in [9.17, 15) is 9.59 Å². The average molecular weight is 487 g/mol. The highest BCUT2D eigenvalue weighted by molar-refractivity contribution is 6.08. The molecule has 0 saturated carbocycles. The third-order valence-electron chi connectivity index (χ3n) is 7.24. The van der Waals surface area contributed by atoms with Crippen LogP contribution in [0.2, 0.25) is 0 Å². The molecule has 1 fully saturated rings. The van der Waals surface area contributed by atoms with E-state index in [1.54, 1.807) is 0 Å². The minimum absolute atomic E-state index is 0.0995. The van der Waals surface area contributed by atoms with Crippen LogP contribution in [0.1, 0.15) is 54.3 Å². The quantitative estimate of drug-likeness (QED) is 0.425. The molecule has 0 bridgehead atoms. The predicted molar refractivity (Wildman–Crippen MR) is 149 cm³/mol. The molecule has 190 valence electrons. The first-order valence-electron chi connectivity index (χ1n) is 13.2. The number of carbonyl (C=O) groups excluding carboxylic acids is 2. The molecule has 1 aliphatic rings. The van der Waals surface area contributed by atoms with Gasteiger partial charge >= 0.3 is 0 Å². The standard InChI is InChI=1S/C30H38N4O2/c1-4-33(5-2)19-16-31-30(36)27-21-26(12-13-28(27)34-17-14-22(3)15-18-34)32-29(35)25-11-10-23-8-6-7-9-24(23)20-25/h6-13,20-22H,4-5,14-19H2,1-3H3,(H,31,36)(H,32,35). The summed E-state index contributed by atoms with van der Waals surface area (Å²) in [5.41, 5.74) is 2.76. The highest BCUT2D eigenvalue weighted by Gasteiger charge is 2.22. The third kappa shape index (κ3) is 6.24. The van der Waals surface area contributed by atoms with Gasteiger partial charge in [-0.05, 0) is 73.0 Å². The summed E-state index contributed by atoms with van der Waals surface area (Å²) in [7, 11) is 0. The topological polar surface area (TPSA) is 64.7 Å². The van der Waals surface area contributed by atoms with Gasteiger partial charge in [0.05, 0.1) is 5.56 Å². The Kier molecular flexibility index (Phi) is 8.60. The second-order valence-corrected chi connectivity index (χ2v) is 9.70. The van der Waals surface area contributed by atoms with Gasteiger partial charge in [-0.3, -0.25) is 9.59 Å². The van der Waals surface area contributed by atoms with E-state index < -0.39 is 0 Å². The summed E-state index contributed by atoms with van der Waals surface area (Å²) in [4.78, 5) is 30.9. The van der Waals surface area contributed by atoms with E-state index in [1.165, 1.54) is 0 Å². The van der Waals surface area contributed by atoms with Gasteiger partial charge in [-0.25, -0.2) is 0 Å². The zero-order valence-corrected chi connectivity index (χ0v) is 21.7. The van der Waals surface area contributed by atoms with Crippen molar-refractivity contribution < 1.29 is 9.59 Å². The second-order valence-electron chi connectivity index (χ2n) is 9.70. The molecule has 1 aliphatic heterocycles. The molecule has 6 nitrogen and oxygen atoms in total. The number of hydrogen-bond acceptors (Lipinski definition) is 4. The zero-order valence-electron chi connectivity index (χ0n) is 21.7. The monoisotopic (exact) mass is 486 g/mol. The minimum atomic E-state index is -0.187. The van der Waals surface area contributed by atoms with Gasteiger partial charge in [-0.2, -0.15) is 0 Å². The summed E-state index contributed by atoms with van der Waals surface area (Å²) < 4.78 is 0. The Morgan fingerprint density at radius 1 is 0.917 bits per heavy atom. The van der Waals surface area contributed by atoms with Gasteiger partial charge in [0, 0.05) is 43.1 Å². The van der Waals surface area contributed by atoms with Crippen molar-refractivity contribution >= 4 is 34.0 Å².